The summed E-state index contributed by atoms with van der Waals surface area (Å²) in [7, 11) is 1.13. The highest BCUT2D eigenvalue weighted by Crippen LogP contribution is 2.39. The second-order valence-electron chi connectivity index (χ2n) is 10.6. The van der Waals surface area contributed by atoms with Crippen LogP contribution >= 0.6 is 0 Å². The molecular weight excluding hydrogens is 462 g/mol. The van der Waals surface area contributed by atoms with Crippen LogP contribution in [0.25, 0.3) is 10.9 Å². The van der Waals surface area contributed by atoms with Gasteiger partial charge in [0.05, 0.1) is 12.6 Å². The first kappa shape index (κ1) is 26.4. The lowest BCUT2D eigenvalue weighted by Gasteiger charge is -2.36. The second kappa shape index (κ2) is 9.47. The molecule has 0 unspecified atom stereocenters. The van der Waals surface area contributed by atoms with Gasteiger partial charge >= 0.3 is 18.2 Å². The minimum absolute atomic E-state index is 0.00910. The van der Waals surface area contributed by atoms with Gasteiger partial charge < -0.3 is 19.1 Å². The van der Waals surface area contributed by atoms with Crippen LogP contribution in [-0.4, -0.2) is 65.2 Å². The molecule has 192 valence electrons. The molecule has 2 aromatic rings. The average molecular weight is 495 g/mol. The summed E-state index contributed by atoms with van der Waals surface area (Å²) in [6, 6.07) is 3.62. The van der Waals surface area contributed by atoms with E-state index in [2.05, 4.69) is 0 Å². The lowest BCUT2D eigenvalue weighted by Crippen LogP contribution is -2.46. The number of carbonyl (C=O) groups excluding carboxylic acids is 3. The van der Waals surface area contributed by atoms with Crippen molar-refractivity contribution in [3.63, 3.8) is 0 Å². The Morgan fingerprint density at radius 3 is 2.17 bits per heavy atom. The summed E-state index contributed by atoms with van der Waals surface area (Å²) in [4.78, 5) is 40.2. The highest BCUT2D eigenvalue weighted by atomic mass is 19.1. The SMILES string of the molecule is COC(=O)c1c([C@@H]2CN(C(=O)OC(C)(C)C)CC[C@H]2F)c2ccc(F)cc2n1C(=O)OC(C)(C)C. The van der Waals surface area contributed by atoms with E-state index >= 15 is 4.39 Å². The number of halogens is 2. The van der Waals surface area contributed by atoms with E-state index in [0.29, 0.717) is 0 Å². The number of fused-ring (bicyclic) bond motifs is 1. The average Bonchev–Trinajstić information content (AvgIpc) is 3.05. The Labute approximate surface area is 203 Å². The topological polar surface area (TPSA) is 87.1 Å². The van der Waals surface area contributed by atoms with Crippen LogP contribution in [0.15, 0.2) is 18.2 Å². The normalized spacial score (nSPS) is 18.9. The van der Waals surface area contributed by atoms with Crippen molar-refractivity contribution in [3.05, 3.63) is 35.3 Å². The Kier molecular flexibility index (Phi) is 7.15. The first-order valence-corrected chi connectivity index (χ1v) is 11.4. The van der Waals surface area contributed by atoms with Crippen LogP contribution in [-0.2, 0) is 14.2 Å². The Hall–Kier alpha value is -3.17. The molecule has 0 spiro atoms. The lowest BCUT2D eigenvalue weighted by atomic mass is 9.87. The zero-order valence-corrected chi connectivity index (χ0v) is 21.1. The predicted molar refractivity (Wildman–Crippen MR) is 125 cm³/mol. The van der Waals surface area contributed by atoms with Crippen LogP contribution in [0.5, 0.6) is 0 Å². The minimum atomic E-state index is -1.44. The summed E-state index contributed by atoms with van der Waals surface area (Å²) < 4.78 is 46.4. The van der Waals surface area contributed by atoms with E-state index in [-0.39, 0.29) is 41.7 Å². The van der Waals surface area contributed by atoms with E-state index in [4.69, 9.17) is 14.2 Å². The van der Waals surface area contributed by atoms with Crippen molar-refractivity contribution in [1.29, 1.82) is 0 Å². The third-order valence-electron chi connectivity index (χ3n) is 5.48. The molecule has 0 N–H and O–H groups in total. The van der Waals surface area contributed by atoms with Gasteiger partial charge in [0, 0.05) is 30.0 Å². The molecule has 1 aliphatic rings. The van der Waals surface area contributed by atoms with Gasteiger partial charge in [0.1, 0.15) is 28.9 Å². The molecule has 1 aliphatic heterocycles. The fourth-order valence-electron chi connectivity index (χ4n) is 4.14. The number of likely N-dealkylation sites (tertiary alicyclic amines) is 1. The van der Waals surface area contributed by atoms with Gasteiger partial charge in [-0.1, -0.05) is 0 Å². The Bertz CT molecular complexity index is 1150. The molecule has 0 saturated carbocycles. The van der Waals surface area contributed by atoms with Gasteiger partial charge in [-0.3, -0.25) is 0 Å². The van der Waals surface area contributed by atoms with Gasteiger partial charge in [0.2, 0.25) is 0 Å². The molecule has 0 aliphatic carbocycles. The summed E-state index contributed by atoms with van der Waals surface area (Å²) in [5, 5.41) is 0.288. The lowest BCUT2D eigenvalue weighted by molar-refractivity contribution is 0.0134. The van der Waals surface area contributed by atoms with E-state index in [1.165, 1.54) is 11.0 Å². The molecule has 1 saturated heterocycles. The number of rotatable bonds is 2. The van der Waals surface area contributed by atoms with E-state index in [9.17, 15) is 18.8 Å². The molecule has 35 heavy (non-hydrogen) atoms. The summed E-state index contributed by atoms with van der Waals surface area (Å²) in [5.74, 6) is -2.57. The molecule has 8 nitrogen and oxygen atoms in total. The molecule has 1 aromatic carbocycles. The highest BCUT2D eigenvalue weighted by Gasteiger charge is 2.40. The van der Waals surface area contributed by atoms with Crippen LogP contribution in [0.1, 0.15) is 69.9 Å². The van der Waals surface area contributed by atoms with Gasteiger partial charge in [-0.15, -0.1) is 0 Å². The van der Waals surface area contributed by atoms with Gasteiger partial charge in [-0.2, -0.15) is 0 Å². The first-order valence-electron chi connectivity index (χ1n) is 11.4. The van der Waals surface area contributed by atoms with Crippen molar-refractivity contribution in [2.45, 2.75) is 71.3 Å². The summed E-state index contributed by atoms with van der Waals surface area (Å²) in [6.45, 7) is 10.1. The summed E-state index contributed by atoms with van der Waals surface area (Å²) in [6.07, 6.45) is -3.00. The van der Waals surface area contributed by atoms with Crippen molar-refractivity contribution in [2.75, 3.05) is 20.2 Å². The third kappa shape index (κ3) is 5.74. The number of ether oxygens (including phenoxy) is 3. The smallest absolute Gasteiger partial charge is 0.419 e. The largest absolute Gasteiger partial charge is 0.464 e. The van der Waals surface area contributed by atoms with E-state index < -0.39 is 47.3 Å². The number of nitrogens with zero attached hydrogens (tertiary/aromatic N) is 2. The molecular formula is C25H32F2N2O6. The van der Waals surface area contributed by atoms with Crippen LogP contribution in [0, 0.1) is 5.82 Å². The van der Waals surface area contributed by atoms with Crippen molar-refractivity contribution in [3.8, 4) is 0 Å². The number of aromatic nitrogens is 1. The molecule has 3 rings (SSSR count). The number of methoxy groups -OCH3 is 1. The van der Waals surface area contributed by atoms with Crippen molar-refractivity contribution in [2.24, 2.45) is 0 Å². The number of benzene rings is 1. The van der Waals surface area contributed by atoms with Crippen LogP contribution in [0.2, 0.25) is 0 Å². The molecule has 10 heteroatoms. The predicted octanol–water partition coefficient (Wildman–Crippen LogP) is 5.41. The number of piperidine rings is 1. The molecule has 0 bridgehead atoms. The number of hydrogen-bond acceptors (Lipinski definition) is 6. The zero-order chi connectivity index (χ0) is 26.3. The third-order valence-corrected chi connectivity index (χ3v) is 5.48. The number of alkyl halides is 1. The maximum absolute atomic E-state index is 15.4. The van der Waals surface area contributed by atoms with E-state index in [1.807, 2.05) is 0 Å². The van der Waals surface area contributed by atoms with Crippen LogP contribution in [0.3, 0.4) is 0 Å². The van der Waals surface area contributed by atoms with Crippen LogP contribution in [0.4, 0.5) is 18.4 Å². The fraction of sp³-hybridized carbons (Fsp3) is 0.560. The Balaban J connectivity index is 2.21. The maximum atomic E-state index is 15.4. The van der Waals surface area contributed by atoms with Crippen LogP contribution < -0.4 is 0 Å². The van der Waals surface area contributed by atoms with Gasteiger partial charge in [-0.05, 0) is 66.2 Å². The highest BCUT2D eigenvalue weighted by molar-refractivity contribution is 6.05. The maximum Gasteiger partial charge on any atom is 0.419 e. The van der Waals surface area contributed by atoms with E-state index in [0.717, 1.165) is 23.8 Å². The Morgan fingerprint density at radius 2 is 1.60 bits per heavy atom. The molecule has 1 fully saturated rings. The quantitative estimate of drug-likeness (QED) is 0.410. The van der Waals surface area contributed by atoms with Crippen molar-refractivity contribution < 1.29 is 37.4 Å². The number of amides is 1. The first-order chi connectivity index (χ1) is 16.1. The van der Waals surface area contributed by atoms with Crippen molar-refractivity contribution >= 4 is 29.1 Å². The molecule has 2 heterocycles. The standard InChI is InChI=1S/C25H32F2N2O6/c1-24(2,3)34-22(31)28-11-10-17(27)16(13-28)19-15-9-8-14(26)12-18(15)29(20(19)21(30)33-7)23(32)35-25(4,5)6/h8-9,12,16-17H,10-11,13H2,1-7H3/t16-,17-/m1/s1. The molecule has 0 radical (unpaired) electrons. The van der Waals surface area contributed by atoms with Gasteiger partial charge in [0.25, 0.3) is 0 Å². The summed E-state index contributed by atoms with van der Waals surface area (Å²) >= 11 is 0. The number of hydrogen-bond donors (Lipinski definition) is 0. The summed E-state index contributed by atoms with van der Waals surface area (Å²) in [5.41, 5.74) is -1.74. The van der Waals surface area contributed by atoms with Gasteiger partial charge in [0.15, 0.2) is 0 Å². The van der Waals surface area contributed by atoms with E-state index in [1.54, 1.807) is 41.5 Å². The minimum Gasteiger partial charge on any atom is -0.464 e. The fourth-order valence-corrected chi connectivity index (χ4v) is 4.14. The number of carbonyl (C=O) groups is 3. The monoisotopic (exact) mass is 494 g/mol. The number of esters is 1. The molecule has 2 atom stereocenters. The molecule has 1 aromatic heterocycles. The van der Waals surface area contributed by atoms with Gasteiger partial charge in [-0.25, -0.2) is 27.7 Å². The second-order valence-corrected chi connectivity index (χ2v) is 10.6. The Morgan fingerprint density at radius 1 is 1.00 bits per heavy atom. The zero-order valence-electron chi connectivity index (χ0n) is 21.1. The van der Waals surface area contributed by atoms with Crippen molar-refractivity contribution in [1.82, 2.24) is 9.47 Å². The molecule has 1 amide bonds.